The Hall–Kier alpha value is -1.12. The van der Waals surface area contributed by atoms with Crippen LogP contribution in [0.4, 0.5) is 0 Å². The van der Waals surface area contributed by atoms with Crippen LogP contribution >= 0.6 is 47.0 Å². The standard InChI is InChI=1S/C47H90N4O14S4/c1-6-10-26-61-48(39-52)18-34-66-30-14-22-57-38-43-44(58-23-15-31-67-35-19-49(40-53)62-27-11-7-2)45(59-24-16-32-68-36-20-50(41-54)63-28-12-8-3)46(47(56-5)65-43)60-25-17-33-69-37-21-51(42-55)64-29-13-9-4/h39-47H,6-38H2,1-5H3/t43-,44+,45+,46-,47+/m1/s1. The van der Waals surface area contributed by atoms with E-state index in [9.17, 15) is 19.2 Å². The second kappa shape index (κ2) is 49.1. The van der Waals surface area contributed by atoms with E-state index in [-0.39, 0.29) is 6.61 Å². The lowest BCUT2D eigenvalue weighted by molar-refractivity contribution is -0.318. The van der Waals surface area contributed by atoms with Gasteiger partial charge < -0.3 is 28.4 Å². The van der Waals surface area contributed by atoms with E-state index in [1.165, 1.54) is 20.3 Å². The summed E-state index contributed by atoms with van der Waals surface area (Å²) in [7, 11) is 1.61. The van der Waals surface area contributed by atoms with Crippen LogP contribution in [0.3, 0.4) is 0 Å². The molecule has 406 valence electrons. The van der Waals surface area contributed by atoms with Crippen LogP contribution in [-0.2, 0) is 66.9 Å². The number of carbonyl (C=O) groups is 4. The first-order chi connectivity index (χ1) is 34.0. The van der Waals surface area contributed by atoms with Gasteiger partial charge in [-0.05, 0) is 74.4 Å². The number of unbranched alkanes of at least 4 members (excludes halogenated alkanes) is 4. The number of nitrogens with zero attached hydrogens (tertiary/aromatic N) is 4. The van der Waals surface area contributed by atoms with Crippen molar-refractivity contribution >= 4 is 72.7 Å². The maximum absolute atomic E-state index is 11.5. The lowest BCUT2D eigenvalue weighted by Crippen LogP contribution is -2.62. The Balaban J connectivity index is 3.01. The van der Waals surface area contributed by atoms with Gasteiger partial charge in [-0.2, -0.15) is 47.0 Å². The van der Waals surface area contributed by atoms with Gasteiger partial charge in [0.25, 0.3) is 0 Å². The summed E-state index contributed by atoms with van der Waals surface area (Å²) in [5.74, 6) is 6.31. The molecular weight excluding hydrogens is 973 g/mol. The maximum Gasteiger partial charge on any atom is 0.233 e. The molecule has 0 saturated carbocycles. The summed E-state index contributed by atoms with van der Waals surface area (Å²) < 4.78 is 38.8. The van der Waals surface area contributed by atoms with Crippen molar-refractivity contribution in [2.45, 2.75) is 135 Å². The fraction of sp³-hybridized carbons (Fsp3) is 0.915. The van der Waals surface area contributed by atoms with E-state index in [1.54, 1.807) is 54.2 Å². The van der Waals surface area contributed by atoms with E-state index in [2.05, 4.69) is 27.7 Å². The van der Waals surface area contributed by atoms with Crippen molar-refractivity contribution < 1.29 is 66.9 Å². The molecule has 0 aromatic carbocycles. The average Bonchev–Trinajstić information content (AvgIpc) is 3.36. The van der Waals surface area contributed by atoms with Crippen LogP contribution in [0, 0.1) is 0 Å². The number of ether oxygens (including phenoxy) is 6. The summed E-state index contributed by atoms with van der Waals surface area (Å²) >= 11 is 6.95. The van der Waals surface area contributed by atoms with Crippen molar-refractivity contribution in [3.05, 3.63) is 0 Å². The summed E-state index contributed by atoms with van der Waals surface area (Å²) in [5, 5.41) is 5.47. The number of hydroxylamine groups is 8. The quantitative estimate of drug-likeness (QED) is 0.0354. The molecule has 4 amide bonds. The molecule has 0 radical (unpaired) electrons. The van der Waals surface area contributed by atoms with Crippen molar-refractivity contribution in [3.63, 3.8) is 0 Å². The van der Waals surface area contributed by atoms with E-state index in [4.69, 9.17) is 47.8 Å². The van der Waals surface area contributed by atoms with Gasteiger partial charge in [0.05, 0.1) is 59.2 Å². The molecule has 0 N–H and O–H groups in total. The highest BCUT2D eigenvalue weighted by Crippen LogP contribution is 2.30. The van der Waals surface area contributed by atoms with Gasteiger partial charge in [-0.15, -0.1) is 0 Å². The van der Waals surface area contributed by atoms with Gasteiger partial charge in [0.1, 0.15) is 24.4 Å². The third-order valence-electron chi connectivity index (χ3n) is 10.2. The Morgan fingerprint density at radius 3 is 1.09 bits per heavy atom. The number of thioether (sulfide) groups is 4. The predicted octanol–water partition coefficient (Wildman–Crippen LogP) is 6.78. The Morgan fingerprint density at radius 1 is 0.420 bits per heavy atom. The highest BCUT2D eigenvalue weighted by molar-refractivity contribution is 7.99. The molecule has 0 aliphatic carbocycles. The van der Waals surface area contributed by atoms with Gasteiger partial charge >= 0.3 is 0 Å². The molecule has 1 fully saturated rings. The molecular formula is C47H90N4O14S4. The van der Waals surface area contributed by atoms with Crippen LogP contribution in [0.15, 0.2) is 0 Å². The first-order valence-electron chi connectivity index (χ1n) is 25.3. The minimum atomic E-state index is -0.735. The maximum atomic E-state index is 11.5. The molecule has 0 aromatic heterocycles. The third-order valence-corrected chi connectivity index (χ3v) is 14.4. The van der Waals surface area contributed by atoms with E-state index in [0.29, 0.717) is 79.0 Å². The number of hydrogen-bond donors (Lipinski definition) is 0. The predicted molar refractivity (Wildman–Crippen MR) is 278 cm³/mol. The van der Waals surface area contributed by atoms with Crippen LogP contribution in [0.1, 0.15) is 105 Å². The topological polar surface area (TPSA) is 174 Å². The molecule has 1 aliphatic rings. The van der Waals surface area contributed by atoms with Crippen molar-refractivity contribution in [1.29, 1.82) is 0 Å². The van der Waals surface area contributed by atoms with Crippen molar-refractivity contribution in [3.8, 4) is 0 Å². The van der Waals surface area contributed by atoms with Crippen LogP contribution in [0.5, 0.6) is 0 Å². The molecule has 0 spiro atoms. The van der Waals surface area contributed by atoms with E-state index in [1.807, 2.05) is 0 Å². The molecule has 0 aromatic rings. The fourth-order valence-corrected chi connectivity index (χ4v) is 9.64. The molecule has 1 aliphatic heterocycles. The largest absolute Gasteiger partial charge is 0.379 e. The summed E-state index contributed by atoms with van der Waals surface area (Å²) in [6.07, 6.45) is 10.8. The van der Waals surface area contributed by atoms with Crippen LogP contribution in [-0.4, -0.2) is 215 Å². The molecule has 0 unspecified atom stereocenters. The lowest BCUT2D eigenvalue weighted by Gasteiger charge is -2.45. The monoisotopic (exact) mass is 1060 g/mol. The number of hydrogen-bond acceptors (Lipinski definition) is 18. The van der Waals surface area contributed by atoms with Crippen molar-refractivity contribution in [1.82, 2.24) is 20.3 Å². The van der Waals surface area contributed by atoms with Crippen LogP contribution in [0.25, 0.3) is 0 Å². The van der Waals surface area contributed by atoms with Crippen molar-refractivity contribution in [2.75, 3.05) is 139 Å². The summed E-state index contributed by atoms with van der Waals surface area (Å²) in [6.45, 7) is 14.6. The summed E-state index contributed by atoms with van der Waals surface area (Å²) in [4.78, 5) is 68.0. The number of carbonyl (C=O) groups excluding carboxylic acids is 4. The molecule has 1 rings (SSSR count). The summed E-state index contributed by atoms with van der Waals surface area (Å²) in [6, 6.07) is 0. The molecule has 69 heavy (non-hydrogen) atoms. The zero-order valence-corrected chi connectivity index (χ0v) is 45.9. The Bertz CT molecular complexity index is 1190. The zero-order valence-electron chi connectivity index (χ0n) is 42.7. The summed E-state index contributed by atoms with van der Waals surface area (Å²) in [5.41, 5.74) is 0. The van der Waals surface area contributed by atoms with Gasteiger partial charge in [-0.1, -0.05) is 53.4 Å². The minimum Gasteiger partial charge on any atom is -0.379 e. The first-order valence-corrected chi connectivity index (χ1v) is 29.9. The zero-order chi connectivity index (χ0) is 50.3. The first kappa shape index (κ1) is 65.9. The van der Waals surface area contributed by atoms with Gasteiger partial charge in [-0.25, -0.2) is 20.3 Å². The highest BCUT2D eigenvalue weighted by atomic mass is 32.2. The molecule has 1 heterocycles. The highest BCUT2D eigenvalue weighted by Gasteiger charge is 2.48. The molecule has 1 saturated heterocycles. The number of methoxy groups -OCH3 is 1. The second-order valence-electron chi connectivity index (χ2n) is 16.0. The van der Waals surface area contributed by atoms with Gasteiger partial charge in [0.2, 0.25) is 25.6 Å². The molecule has 22 heteroatoms. The molecule has 0 bridgehead atoms. The fourth-order valence-electron chi connectivity index (χ4n) is 6.29. The van der Waals surface area contributed by atoms with Gasteiger partial charge in [0, 0.05) is 56.5 Å². The Labute approximate surface area is 432 Å². The van der Waals surface area contributed by atoms with E-state index >= 15 is 0 Å². The number of amides is 4. The van der Waals surface area contributed by atoms with Crippen LogP contribution < -0.4 is 0 Å². The van der Waals surface area contributed by atoms with E-state index in [0.717, 1.165) is 149 Å². The van der Waals surface area contributed by atoms with Gasteiger partial charge in [0.15, 0.2) is 6.29 Å². The Morgan fingerprint density at radius 2 is 0.754 bits per heavy atom. The van der Waals surface area contributed by atoms with Crippen molar-refractivity contribution in [2.24, 2.45) is 0 Å². The normalized spacial score (nSPS) is 18.0. The Kier molecular flexibility index (Phi) is 46.9. The average molecular weight is 1060 g/mol. The third kappa shape index (κ3) is 34.8. The SMILES string of the molecule is CCCCON(C=O)CCSCCCOC[C@H]1O[C@H](OC)[C@H](OCCCSCCN(C=O)OCCCC)[C@@H](OCCCSCCN(C=O)OCCCC)[C@H]1OCCCSCCN(C=O)OCCCC. The minimum absolute atomic E-state index is 0.264. The molecule has 18 nitrogen and oxygen atoms in total. The van der Waals surface area contributed by atoms with Gasteiger partial charge in [-0.3, -0.25) is 38.5 Å². The second-order valence-corrected chi connectivity index (χ2v) is 20.9. The van der Waals surface area contributed by atoms with Crippen LogP contribution in [0.2, 0.25) is 0 Å². The smallest absolute Gasteiger partial charge is 0.233 e. The number of rotatable bonds is 54. The van der Waals surface area contributed by atoms with E-state index < -0.39 is 30.7 Å². The lowest BCUT2D eigenvalue weighted by atomic mass is 9.98. The molecule has 5 atom stereocenters.